The van der Waals surface area contributed by atoms with E-state index in [2.05, 4.69) is 39.4 Å². The lowest BCUT2D eigenvalue weighted by Crippen LogP contribution is -2.50. The van der Waals surface area contributed by atoms with E-state index in [0.29, 0.717) is 13.1 Å². The highest BCUT2D eigenvalue weighted by Crippen LogP contribution is 2.15. The molecule has 2 aromatic rings. The lowest BCUT2D eigenvalue weighted by Gasteiger charge is -2.34. The molecule has 0 saturated carbocycles. The maximum Gasteiger partial charge on any atom is 0.138 e. The topological polar surface area (TPSA) is 75.4 Å². The van der Waals surface area contributed by atoms with Crippen molar-refractivity contribution in [2.75, 3.05) is 39.4 Å². The number of benzene rings is 1. The van der Waals surface area contributed by atoms with Crippen LogP contribution in [-0.4, -0.2) is 69.8 Å². The normalized spacial score (nSPS) is 18.2. The van der Waals surface area contributed by atoms with Crippen molar-refractivity contribution in [1.29, 1.82) is 0 Å². The molecule has 2 heterocycles. The molecule has 0 spiro atoms. The van der Waals surface area contributed by atoms with Gasteiger partial charge in [-0.25, -0.2) is 9.67 Å². The molecule has 7 heteroatoms. The van der Waals surface area contributed by atoms with Gasteiger partial charge in [-0.3, -0.25) is 4.90 Å². The Bertz CT molecular complexity index is 666. The number of hydrogen-bond acceptors (Lipinski definition) is 6. The number of ether oxygens (including phenoxy) is 1. The molecule has 1 fully saturated rings. The molecule has 0 aliphatic carbocycles. The van der Waals surface area contributed by atoms with Gasteiger partial charge in [0.05, 0.1) is 24.5 Å². The zero-order valence-corrected chi connectivity index (χ0v) is 15.0. The average molecular weight is 345 g/mol. The van der Waals surface area contributed by atoms with Crippen molar-refractivity contribution >= 4 is 0 Å². The van der Waals surface area contributed by atoms with Crippen LogP contribution in [0.1, 0.15) is 18.1 Å². The molecule has 7 nitrogen and oxygen atoms in total. The molecule has 1 atom stereocenters. The number of morpholine rings is 1. The molecule has 2 N–H and O–H groups in total. The van der Waals surface area contributed by atoms with E-state index < -0.39 is 5.60 Å². The molecule has 1 aliphatic heterocycles. The molecule has 0 bridgehead atoms. The lowest BCUT2D eigenvalue weighted by molar-refractivity contribution is -0.0219. The van der Waals surface area contributed by atoms with Crippen molar-refractivity contribution in [3.8, 4) is 5.69 Å². The van der Waals surface area contributed by atoms with Gasteiger partial charge in [0.1, 0.15) is 12.7 Å². The van der Waals surface area contributed by atoms with Gasteiger partial charge in [-0.1, -0.05) is 12.1 Å². The van der Waals surface area contributed by atoms with Crippen LogP contribution in [0.15, 0.2) is 30.9 Å². The number of aromatic nitrogens is 3. The highest BCUT2D eigenvalue weighted by Gasteiger charge is 2.24. The van der Waals surface area contributed by atoms with Crippen LogP contribution in [0.3, 0.4) is 0 Å². The fourth-order valence-corrected chi connectivity index (χ4v) is 3.19. The third kappa shape index (κ3) is 5.09. The van der Waals surface area contributed by atoms with Crippen molar-refractivity contribution in [3.05, 3.63) is 42.0 Å². The summed E-state index contributed by atoms with van der Waals surface area (Å²) < 4.78 is 7.12. The first-order valence-corrected chi connectivity index (χ1v) is 8.71. The predicted molar refractivity (Wildman–Crippen MR) is 95.7 cm³/mol. The Morgan fingerprint density at radius 3 is 2.80 bits per heavy atom. The van der Waals surface area contributed by atoms with E-state index in [9.17, 15) is 5.11 Å². The number of aliphatic hydroxyl groups is 1. The van der Waals surface area contributed by atoms with E-state index in [1.54, 1.807) is 11.0 Å². The van der Waals surface area contributed by atoms with Crippen molar-refractivity contribution in [2.45, 2.75) is 26.0 Å². The Kier molecular flexibility index (Phi) is 5.80. The van der Waals surface area contributed by atoms with Gasteiger partial charge in [-0.15, -0.1) is 0 Å². The van der Waals surface area contributed by atoms with Crippen LogP contribution in [0.2, 0.25) is 0 Å². The maximum atomic E-state index is 10.6. The van der Waals surface area contributed by atoms with Crippen molar-refractivity contribution in [2.24, 2.45) is 0 Å². The van der Waals surface area contributed by atoms with Gasteiger partial charge in [0.2, 0.25) is 0 Å². The summed E-state index contributed by atoms with van der Waals surface area (Å²) in [5.74, 6) is 0. The third-order valence-electron chi connectivity index (χ3n) is 4.43. The Balaban J connectivity index is 1.50. The largest absolute Gasteiger partial charge is 0.388 e. The van der Waals surface area contributed by atoms with Gasteiger partial charge >= 0.3 is 0 Å². The second-order valence-corrected chi connectivity index (χ2v) is 6.95. The molecular formula is C18H27N5O2. The number of nitrogens with zero attached hydrogens (tertiary/aromatic N) is 4. The standard InChI is InChI=1S/C18H27N5O2/c1-15-9-16(3-4-17(15)23-14-20-13-21-23)10-19-11-18(2,24)12-22-5-7-25-8-6-22/h3-4,9,13-14,19,24H,5-8,10-12H2,1-2H3. The monoisotopic (exact) mass is 345 g/mol. The smallest absolute Gasteiger partial charge is 0.138 e. The highest BCUT2D eigenvalue weighted by molar-refractivity contribution is 5.41. The molecule has 1 aromatic heterocycles. The number of nitrogens with one attached hydrogen (secondary N) is 1. The summed E-state index contributed by atoms with van der Waals surface area (Å²) >= 11 is 0. The maximum absolute atomic E-state index is 10.6. The minimum Gasteiger partial charge on any atom is -0.388 e. The van der Waals surface area contributed by atoms with Crippen molar-refractivity contribution < 1.29 is 9.84 Å². The van der Waals surface area contributed by atoms with Crippen LogP contribution in [0.25, 0.3) is 5.69 Å². The number of aryl methyl sites for hydroxylation is 1. The molecule has 1 unspecified atom stereocenters. The molecule has 25 heavy (non-hydrogen) atoms. The van der Waals surface area contributed by atoms with E-state index in [-0.39, 0.29) is 0 Å². The van der Waals surface area contributed by atoms with Gasteiger partial charge in [0.25, 0.3) is 0 Å². The summed E-state index contributed by atoms with van der Waals surface area (Å²) in [6, 6.07) is 6.27. The van der Waals surface area contributed by atoms with Crippen molar-refractivity contribution in [1.82, 2.24) is 25.0 Å². The zero-order valence-electron chi connectivity index (χ0n) is 15.0. The van der Waals surface area contributed by atoms with E-state index in [4.69, 9.17) is 4.74 Å². The highest BCUT2D eigenvalue weighted by atomic mass is 16.5. The summed E-state index contributed by atoms with van der Waals surface area (Å²) in [5, 5.41) is 18.1. The minimum absolute atomic E-state index is 0.550. The second kappa shape index (κ2) is 8.05. The summed E-state index contributed by atoms with van der Waals surface area (Å²) in [7, 11) is 0. The van der Waals surface area contributed by atoms with Crippen LogP contribution < -0.4 is 5.32 Å². The van der Waals surface area contributed by atoms with Gasteiger partial charge in [-0.05, 0) is 31.0 Å². The van der Waals surface area contributed by atoms with Crippen molar-refractivity contribution in [3.63, 3.8) is 0 Å². The Morgan fingerprint density at radius 2 is 2.12 bits per heavy atom. The minimum atomic E-state index is -0.757. The lowest BCUT2D eigenvalue weighted by atomic mass is 10.1. The van der Waals surface area contributed by atoms with Gasteiger partial charge in [0, 0.05) is 32.7 Å². The number of β-amino-alcohol motifs (C(OH)–C–C–N with tert-alkyl or cyclic N) is 1. The van der Waals surface area contributed by atoms with Crippen LogP contribution in [0.5, 0.6) is 0 Å². The molecule has 1 saturated heterocycles. The number of hydrogen-bond donors (Lipinski definition) is 2. The zero-order chi connectivity index (χ0) is 17.7. The van der Waals surface area contributed by atoms with Crippen LogP contribution in [0, 0.1) is 6.92 Å². The van der Waals surface area contributed by atoms with Crippen LogP contribution in [0.4, 0.5) is 0 Å². The van der Waals surface area contributed by atoms with Gasteiger partial charge in [-0.2, -0.15) is 5.10 Å². The molecule has 1 aromatic carbocycles. The fraction of sp³-hybridized carbons (Fsp3) is 0.556. The van der Waals surface area contributed by atoms with Crippen LogP contribution in [-0.2, 0) is 11.3 Å². The van der Waals surface area contributed by atoms with E-state index in [1.807, 2.05) is 13.0 Å². The second-order valence-electron chi connectivity index (χ2n) is 6.95. The first-order valence-electron chi connectivity index (χ1n) is 8.71. The van der Waals surface area contributed by atoms with Gasteiger partial charge in [0.15, 0.2) is 0 Å². The van der Waals surface area contributed by atoms with E-state index in [0.717, 1.165) is 44.1 Å². The average Bonchev–Trinajstić information content (AvgIpc) is 3.09. The molecule has 136 valence electrons. The molecular weight excluding hydrogens is 318 g/mol. The number of rotatable bonds is 7. The van der Waals surface area contributed by atoms with E-state index in [1.165, 1.54) is 11.9 Å². The fourth-order valence-electron chi connectivity index (χ4n) is 3.19. The SMILES string of the molecule is Cc1cc(CNCC(C)(O)CN2CCOCC2)ccc1-n1cncn1. The molecule has 0 amide bonds. The predicted octanol–water partition coefficient (Wildman–Crippen LogP) is 0.749. The molecule has 3 rings (SSSR count). The summed E-state index contributed by atoms with van der Waals surface area (Å²) in [6.45, 7) is 9.16. The van der Waals surface area contributed by atoms with Gasteiger partial charge < -0.3 is 15.2 Å². The Hall–Kier alpha value is -1.80. The van der Waals surface area contributed by atoms with E-state index >= 15 is 0 Å². The first-order chi connectivity index (χ1) is 12.0. The molecule has 0 radical (unpaired) electrons. The summed E-state index contributed by atoms with van der Waals surface area (Å²) in [5.41, 5.74) is 2.60. The Labute approximate surface area is 148 Å². The van der Waals surface area contributed by atoms with Crippen LogP contribution >= 0.6 is 0 Å². The Morgan fingerprint density at radius 1 is 1.32 bits per heavy atom. The summed E-state index contributed by atoms with van der Waals surface area (Å²) in [6.07, 6.45) is 3.23. The first kappa shape index (κ1) is 18.0. The molecule has 1 aliphatic rings. The summed E-state index contributed by atoms with van der Waals surface area (Å²) in [4.78, 5) is 6.24. The quantitative estimate of drug-likeness (QED) is 0.771. The third-order valence-corrected chi connectivity index (χ3v) is 4.43.